The highest BCUT2D eigenvalue weighted by Gasteiger charge is 2.19. The SMILES string of the molecule is C#Cc1cc2ccccc2c(N2CCN(CC)CC2)n1. The molecular weight excluding hydrogens is 246 g/mol. The maximum Gasteiger partial charge on any atom is 0.138 e. The van der Waals surface area contributed by atoms with E-state index in [0.717, 1.165) is 44.2 Å². The predicted octanol–water partition coefficient (Wildman–Crippen LogP) is 2.36. The molecule has 0 aliphatic carbocycles. The van der Waals surface area contributed by atoms with Crippen LogP contribution in [0.15, 0.2) is 30.3 Å². The summed E-state index contributed by atoms with van der Waals surface area (Å²) < 4.78 is 0. The number of hydrogen-bond donors (Lipinski definition) is 0. The Balaban J connectivity index is 2.00. The Labute approximate surface area is 120 Å². The van der Waals surface area contributed by atoms with E-state index >= 15 is 0 Å². The normalized spacial score (nSPS) is 16.3. The number of aromatic nitrogens is 1. The van der Waals surface area contributed by atoms with Gasteiger partial charge in [0.15, 0.2) is 0 Å². The zero-order valence-corrected chi connectivity index (χ0v) is 11.8. The minimum Gasteiger partial charge on any atom is -0.353 e. The Bertz CT molecular complexity index is 649. The zero-order chi connectivity index (χ0) is 13.9. The third-order valence-electron chi connectivity index (χ3n) is 3.99. The Morgan fingerprint density at radius 2 is 1.95 bits per heavy atom. The molecule has 2 aromatic rings. The second-order valence-electron chi connectivity index (χ2n) is 5.12. The second kappa shape index (κ2) is 5.52. The molecule has 0 radical (unpaired) electrons. The molecule has 3 heteroatoms. The molecule has 3 nitrogen and oxygen atoms in total. The molecule has 102 valence electrons. The van der Waals surface area contributed by atoms with E-state index < -0.39 is 0 Å². The number of pyridine rings is 1. The Hall–Kier alpha value is -2.05. The maximum atomic E-state index is 5.54. The largest absolute Gasteiger partial charge is 0.353 e. The summed E-state index contributed by atoms with van der Waals surface area (Å²) in [6, 6.07) is 10.3. The van der Waals surface area contributed by atoms with Gasteiger partial charge in [-0.2, -0.15) is 0 Å². The molecule has 1 fully saturated rings. The average Bonchev–Trinajstić information content (AvgIpc) is 2.54. The number of rotatable bonds is 2. The number of piperazine rings is 1. The van der Waals surface area contributed by atoms with E-state index in [1.807, 2.05) is 12.1 Å². The number of terminal acetylenes is 1. The predicted molar refractivity (Wildman–Crippen MR) is 84.0 cm³/mol. The third kappa shape index (κ3) is 2.35. The van der Waals surface area contributed by atoms with E-state index in [0.29, 0.717) is 0 Å². The molecule has 1 saturated heterocycles. The van der Waals surface area contributed by atoms with Crippen LogP contribution in [0.1, 0.15) is 12.6 Å². The number of likely N-dealkylation sites (N-methyl/N-ethyl adjacent to an activating group) is 1. The minimum absolute atomic E-state index is 0.719. The lowest BCUT2D eigenvalue weighted by atomic mass is 10.1. The molecule has 1 aromatic carbocycles. The van der Waals surface area contributed by atoms with Gasteiger partial charge >= 0.3 is 0 Å². The van der Waals surface area contributed by atoms with E-state index in [2.05, 4.69) is 45.8 Å². The van der Waals surface area contributed by atoms with Crippen molar-refractivity contribution in [3.05, 3.63) is 36.0 Å². The van der Waals surface area contributed by atoms with Crippen molar-refractivity contribution in [2.75, 3.05) is 37.6 Å². The fourth-order valence-corrected chi connectivity index (χ4v) is 2.77. The van der Waals surface area contributed by atoms with Crippen LogP contribution >= 0.6 is 0 Å². The second-order valence-corrected chi connectivity index (χ2v) is 5.12. The summed E-state index contributed by atoms with van der Waals surface area (Å²) in [5.41, 5.74) is 0.719. The van der Waals surface area contributed by atoms with Crippen molar-refractivity contribution in [2.45, 2.75) is 6.92 Å². The third-order valence-corrected chi connectivity index (χ3v) is 3.99. The summed E-state index contributed by atoms with van der Waals surface area (Å²) >= 11 is 0. The number of hydrogen-bond acceptors (Lipinski definition) is 3. The summed E-state index contributed by atoms with van der Waals surface area (Å²) in [6.45, 7) is 7.53. The minimum atomic E-state index is 0.719. The quantitative estimate of drug-likeness (QED) is 0.777. The van der Waals surface area contributed by atoms with Gasteiger partial charge in [0.25, 0.3) is 0 Å². The number of fused-ring (bicyclic) bond motifs is 1. The molecule has 20 heavy (non-hydrogen) atoms. The van der Waals surface area contributed by atoms with E-state index in [1.54, 1.807) is 0 Å². The molecule has 2 heterocycles. The molecule has 1 aliphatic heterocycles. The number of benzene rings is 1. The van der Waals surface area contributed by atoms with E-state index in [9.17, 15) is 0 Å². The van der Waals surface area contributed by atoms with Crippen LogP contribution in [0.4, 0.5) is 5.82 Å². The maximum absolute atomic E-state index is 5.54. The Morgan fingerprint density at radius 1 is 1.20 bits per heavy atom. The topological polar surface area (TPSA) is 19.4 Å². The fraction of sp³-hybridized carbons (Fsp3) is 0.353. The van der Waals surface area contributed by atoms with Gasteiger partial charge < -0.3 is 9.80 Å². The molecule has 0 spiro atoms. The molecule has 3 rings (SSSR count). The molecule has 0 N–H and O–H groups in total. The van der Waals surface area contributed by atoms with Gasteiger partial charge in [0.2, 0.25) is 0 Å². The van der Waals surface area contributed by atoms with Crippen molar-refractivity contribution in [3.8, 4) is 12.3 Å². The lowest BCUT2D eigenvalue weighted by Gasteiger charge is -2.35. The lowest BCUT2D eigenvalue weighted by molar-refractivity contribution is 0.271. The first-order chi connectivity index (χ1) is 9.81. The molecule has 0 bridgehead atoms. The van der Waals surface area contributed by atoms with Crippen LogP contribution < -0.4 is 4.90 Å². The number of anilines is 1. The van der Waals surface area contributed by atoms with Crippen LogP contribution in [0.2, 0.25) is 0 Å². The molecule has 0 saturated carbocycles. The average molecular weight is 265 g/mol. The van der Waals surface area contributed by atoms with Gasteiger partial charge in [-0.25, -0.2) is 4.98 Å². The summed E-state index contributed by atoms with van der Waals surface area (Å²) in [5.74, 6) is 3.70. The lowest BCUT2D eigenvalue weighted by Crippen LogP contribution is -2.46. The molecule has 1 aliphatic rings. The van der Waals surface area contributed by atoms with Crippen LogP contribution in [0.25, 0.3) is 10.8 Å². The monoisotopic (exact) mass is 265 g/mol. The van der Waals surface area contributed by atoms with Crippen molar-refractivity contribution < 1.29 is 0 Å². The smallest absolute Gasteiger partial charge is 0.138 e. The van der Waals surface area contributed by atoms with E-state index in [1.165, 1.54) is 10.8 Å². The van der Waals surface area contributed by atoms with Gasteiger partial charge in [-0.15, -0.1) is 6.42 Å². The van der Waals surface area contributed by atoms with Crippen LogP contribution in [-0.4, -0.2) is 42.6 Å². The molecular formula is C17H19N3. The highest BCUT2D eigenvalue weighted by molar-refractivity contribution is 5.93. The van der Waals surface area contributed by atoms with E-state index in [-0.39, 0.29) is 0 Å². The first-order valence-corrected chi connectivity index (χ1v) is 7.15. The zero-order valence-electron chi connectivity index (χ0n) is 11.8. The van der Waals surface area contributed by atoms with Crippen molar-refractivity contribution in [1.82, 2.24) is 9.88 Å². The summed E-state index contributed by atoms with van der Waals surface area (Å²) in [7, 11) is 0. The fourth-order valence-electron chi connectivity index (χ4n) is 2.77. The van der Waals surface area contributed by atoms with Gasteiger partial charge in [0, 0.05) is 31.6 Å². The van der Waals surface area contributed by atoms with Crippen LogP contribution in [-0.2, 0) is 0 Å². The van der Waals surface area contributed by atoms with Crippen LogP contribution in [0, 0.1) is 12.3 Å². The van der Waals surface area contributed by atoms with Crippen molar-refractivity contribution in [1.29, 1.82) is 0 Å². The van der Waals surface area contributed by atoms with Crippen molar-refractivity contribution in [3.63, 3.8) is 0 Å². The first-order valence-electron chi connectivity index (χ1n) is 7.15. The van der Waals surface area contributed by atoms with Crippen molar-refractivity contribution in [2.24, 2.45) is 0 Å². The van der Waals surface area contributed by atoms with Gasteiger partial charge in [-0.05, 0) is 18.0 Å². The Kier molecular flexibility index (Phi) is 3.58. The molecule has 0 unspecified atom stereocenters. The Morgan fingerprint density at radius 3 is 2.65 bits per heavy atom. The van der Waals surface area contributed by atoms with Crippen LogP contribution in [0.5, 0.6) is 0 Å². The first kappa shape index (κ1) is 13.0. The summed E-state index contributed by atoms with van der Waals surface area (Å²) in [4.78, 5) is 9.48. The highest BCUT2D eigenvalue weighted by Crippen LogP contribution is 2.26. The van der Waals surface area contributed by atoms with Gasteiger partial charge in [-0.3, -0.25) is 0 Å². The van der Waals surface area contributed by atoms with Crippen LogP contribution in [0.3, 0.4) is 0 Å². The van der Waals surface area contributed by atoms with E-state index in [4.69, 9.17) is 6.42 Å². The summed E-state index contributed by atoms with van der Waals surface area (Å²) in [6.07, 6.45) is 5.54. The van der Waals surface area contributed by atoms with Gasteiger partial charge in [0.05, 0.1) is 0 Å². The molecule has 0 amide bonds. The standard InChI is InChI=1S/C17H19N3/c1-3-15-13-14-7-5-6-8-16(14)17(18-15)20-11-9-19(4-2)10-12-20/h1,5-8,13H,4,9-12H2,2H3. The summed E-state index contributed by atoms with van der Waals surface area (Å²) in [5, 5.41) is 2.36. The van der Waals surface area contributed by atoms with Gasteiger partial charge in [0.1, 0.15) is 11.5 Å². The van der Waals surface area contributed by atoms with Gasteiger partial charge in [-0.1, -0.05) is 37.1 Å². The molecule has 1 aromatic heterocycles. The highest BCUT2D eigenvalue weighted by atomic mass is 15.3. The molecule has 0 atom stereocenters. The number of nitrogens with zero attached hydrogens (tertiary/aromatic N) is 3. The van der Waals surface area contributed by atoms with Crippen molar-refractivity contribution >= 4 is 16.6 Å².